The molecule has 0 saturated heterocycles. The molecule has 0 aliphatic carbocycles. The molecule has 0 saturated carbocycles. The molecule has 0 radical (unpaired) electrons. The Kier molecular flexibility index (Phi) is 3.98. The predicted octanol–water partition coefficient (Wildman–Crippen LogP) is 3.01. The third-order valence-electron chi connectivity index (χ3n) is 4.22. The van der Waals surface area contributed by atoms with Gasteiger partial charge < -0.3 is 4.84 Å². The van der Waals surface area contributed by atoms with Crippen LogP contribution in [0.1, 0.15) is 11.4 Å². The summed E-state index contributed by atoms with van der Waals surface area (Å²) < 4.78 is 3.41. The second-order valence-electron chi connectivity index (χ2n) is 6.09. The maximum atomic E-state index is 5.33. The number of para-hydroxylation sites is 1. The van der Waals surface area contributed by atoms with Crippen LogP contribution in [0.2, 0.25) is 0 Å². The molecule has 3 heterocycles. The first kappa shape index (κ1) is 16.1. The van der Waals surface area contributed by atoms with Gasteiger partial charge in [0.05, 0.1) is 23.5 Å². The molecule has 2 aromatic carbocycles. The summed E-state index contributed by atoms with van der Waals surface area (Å²) in [6, 6.07) is 19.6. The zero-order chi connectivity index (χ0) is 18.8. The summed E-state index contributed by atoms with van der Waals surface area (Å²) in [4.78, 5) is 14.4. The van der Waals surface area contributed by atoms with E-state index in [1.165, 1.54) is 0 Å². The van der Waals surface area contributed by atoms with Crippen molar-refractivity contribution in [2.45, 2.75) is 6.61 Å². The Morgan fingerprint density at radius 2 is 1.75 bits per heavy atom. The van der Waals surface area contributed by atoms with Crippen molar-refractivity contribution in [1.82, 2.24) is 29.4 Å². The van der Waals surface area contributed by atoms with E-state index in [0.29, 0.717) is 11.5 Å². The summed E-state index contributed by atoms with van der Waals surface area (Å²) in [5, 5.41) is 13.6. The third kappa shape index (κ3) is 2.96. The van der Waals surface area contributed by atoms with E-state index in [4.69, 9.17) is 4.84 Å². The molecule has 0 unspecified atom stereocenters. The van der Waals surface area contributed by atoms with Crippen molar-refractivity contribution in [2.24, 2.45) is 5.16 Å². The molecule has 5 aromatic rings. The standard InChI is InChI=1S/C20H15N7O/c1-3-7-15(8-4-1)11-23-28-13-18-24-20-17-12-22-27(16-9-5-2-6-10-16)19(17)21-14-26(20)25-18/h1-12,14H,13H2. The molecule has 0 aliphatic heterocycles. The average molecular weight is 369 g/mol. The summed E-state index contributed by atoms with van der Waals surface area (Å²) in [5.74, 6) is 0.520. The Bertz CT molecular complexity index is 1260. The van der Waals surface area contributed by atoms with Gasteiger partial charge in [0.2, 0.25) is 0 Å². The number of oxime groups is 1. The number of nitrogens with zero attached hydrogens (tertiary/aromatic N) is 7. The zero-order valence-corrected chi connectivity index (χ0v) is 14.8. The van der Waals surface area contributed by atoms with Crippen molar-refractivity contribution in [3.63, 3.8) is 0 Å². The molecule has 28 heavy (non-hydrogen) atoms. The highest BCUT2D eigenvalue weighted by atomic mass is 16.6. The van der Waals surface area contributed by atoms with Crippen LogP contribution >= 0.6 is 0 Å². The molecule has 0 atom stereocenters. The maximum Gasteiger partial charge on any atom is 0.192 e. The van der Waals surface area contributed by atoms with Crippen molar-refractivity contribution in [2.75, 3.05) is 0 Å². The van der Waals surface area contributed by atoms with Gasteiger partial charge in [0.1, 0.15) is 6.33 Å². The Morgan fingerprint density at radius 1 is 0.964 bits per heavy atom. The zero-order valence-electron chi connectivity index (χ0n) is 14.8. The van der Waals surface area contributed by atoms with Gasteiger partial charge in [-0.25, -0.2) is 19.2 Å². The van der Waals surface area contributed by atoms with Crippen LogP contribution in [0.3, 0.4) is 0 Å². The highest BCUT2D eigenvalue weighted by Gasteiger charge is 2.13. The first-order chi connectivity index (χ1) is 13.9. The number of benzene rings is 2. The minimum Gasteiger partial charge on any atom is -0.387 e. The SMILES string of the molecule is C(=NOCc1nc2c3cnn(-c4ccccc4)c3ncn2n1)c1ccccc1. The van der Waals surface area contributed by atoms with Gasteiger partial charge >= 0.3 is 0 Å². The van der Waals surface area contributed by atoms with Gasteiger partial charge in [0, 0.05) is 0 Å². The largest absolute Gasteiger partial charge is 0.387 e. The van der Waals surface area contributed by atoms with E-state index in [1.54, 1.807) is 27.9 Å². The normalized spacial score (nSPS) is 11.6. The lowest BCUT2D eigenvalue weighted by atomic mass is 10.2. The average Bonchev–Trinajstić information content (AvgIpc) is 3.36. The fourth-order valence-electron chi connectivity index (χ4n) is 2.92. The molecule has 0 spiro atoms. The van der Waals surface area contributed by atoms with Gasteiger partial charge in [0.25, 0.3) is 0 Å². The molecule has 8 nitrogen and oxygen atoms in total. The minimum absolute atomic E-state index is 0.166. The molecule has 0 aliphatic rings. The first-order valence-electron chi connectivity index (χ1n) is 8.72. The molecule has 0 amide bonds. The number of hydrogen-bond donors (Lipinski definition) is 0. The van der Waals surface area contributed by atoms with Crippen LogP contribution in [-0.2, 0) is 11.4 Å². The Balaban J connectivity index is 1.41. The van der Waals surface area contributed by atoms with Crippen LogP contribution in [-0.4, -0.2) is 35.6 Å². The van der Waals surface area contributed by atoms with Gasteiger partial charge in [-0.3, -0.25) is 0 Å². The van der Waals surface area contributed by atoms with Crippen LogP contribution in [0.25, 0.3) is 22.4 Å². The second-order valence-corrected chi connectivity index (χ2v) is 6.09. The molecule has 0 N–H and O–H groups in total. The van der Waals surface area contributed by atoms with Gasteiger partial charge in [-0.1, -0.05) is 53.7 Å². The van der Waals surface area contributed by atoms with Crippen molar-refractivity contribution in [1.29, 1.82) is 0 Å². The number of rotatable bonds is 5. The van der Waals surface area contributed by atoms with E-state index < -0.39 is 0 Å². The van der Waals surface area contributed by atoms with Crippen molar-refractivity contribution in [3.8, 4) is 5.69 Å². The summed E-state index contributed by atoms with van der Waals surface area (Å²) in [7, 11) is 0. The molecule has 0 fully saturated rings. The fraction of sp³-hybridized carbons (Fsp3) is 0.0500. The first-order valence-corrected chi connectivity index (χ1v) is 8.72. The Hall–Kier alpha value is -4.07. The maximum absolute atomic E-state index is 5.33. The lowest BCUT2D eigenvalue weighted by Crippen LogP contribution is -1.98. The fourth-order valence-corrected chi connectivity index (χ4v) is 2.92. The van der Waals surface area contributed by atoms with Crippen LogP contribution in [0.15, 0.2) is 78.3 Å². The van der Waals surface area contributed by atoms with E-state index >= 15 is 0 Å². The van der Waals surface area contributed by atoms with Crippen LogP contribution < -0.4 is 0 Å². The summed E-state index contributed by atoms with van der Waals surface area (Å²) in [6.07, 6.45) is 5.03. The predicted molar refractivity (Wildman–Crippen MR) is 104 cm³/mol. The molecular weight excluding hydrogens is 354 g/mol. The van der Waals surface area contributed by atoms with E-state index in [9.17, 15) is 0 Å². The summed E-state index contributed by atoms with van der Waals surface area (Å²) in [5.41, 5.74) is 3.30. The molecule has 136 valence electrons. The van der Waals surface area contributed by atoms with Gasteiger partial charge in [-0.15, -0.1) is 5.10 Å². The number of hydrogen-bond acceptors (Lipinski definition) is 6. The lowest BCUT2D eigenvalue weighted by molar-refractivity contribution is 0.126. The third-order valence-corrected chi connectivity index (χ3v) is 4.22. The van der Waals surface area contributed by atoms with E-state index in [0.717, 1.165) is 22.3 Å². The summed E-state index contributed by atoms with van der Waals surface area (Å²) >= 11 is 0. The van der Waals surface area contributed by atoms with Crippen molar-refractivity contribution < 1.29 is 4.84 Å². The number of fused-ring (bicyclic) bond motifs is 3. The van der Waals surface area contributed by atoms with Crippen LogP contribution in [0, 0.1) is 0 Å². The topological polar surface area (TPSA) is 82.5 Å². The van der Waals surface area contributed by atoms with Gasteiger partial charge in [0.15, 0.2) is 23.7 Å². The summed E-state index contributed by atoms with van der Waals surface area (Å²) in [6.45, 7) is 0.166. The highest BCUT2D eigenvalue weighted by Crippen LogP contribution is 2.19. The van der Waals surface area contributed by atoms with E-state index in [2.05, 4.69) is 25.3 Å². The van der Waals surface area contributed by atoms with Crippen LogP contribution in [0.5, 0.6) is 0 Å². The molecular formula is C20H15N7O. The lowest BCUT2D eigenvalue weighted by Gasteiger charge is -2.01. The Morgan fingerprint density at radius 3 is 2.57 bits per heavy atom. The highest BCUT2D eigenvalue weighted by molar-refractivity contribution is 5.89. The quantitative estimate of drug-likeness (QED) is 0.351. The van der Waals surface area contributed by atoms with Crippen molar-refractivity contribution >= 4 is 22.9 Å². The Labute approximate surface area is 159 Å². The molecule has 5 rings (SSSR count). The van der Waals surface area contributed by atoms with Gasteiger partial charge in [-0.2, -0.15) is 5.10 Å². The van der Waals surface area contributed by atoms with Crippen molar-refractivity contribution in [3.05, 3.63) is 84.6 Å². The monoisotopic (exact) mass is 369 g/mol. The van der Waals surface area contributed by atoms with E-state index in [1.807, 2.05) is 60.7 Å². The molecule has 0 bridgehead atoms. The second kappa shape index (κ2) is 6.92. The molecule has 8 heteroatoms. The smallest absolute Gasteiger partial charge is 0.192 e. The number of aromatic nitrogens is 6. The van der Waals surface area contributed by atoms with Crippen LogP contribution in [0.4, 0.5) is 0 Å². The molecule has 3 aromatic heterocycles. The van der Waals surface area contributed by atoms with Gasteiger partial charge in [-0.05, 0) is 17.7 Å². The van der Waals surface area contributed by atoms with E-state index in [-0.39, 0.29) is 6.61 Å². The minimum atomic E-state index is 0.166.